The maximum atomic E-state index is 11.1. The van der Waals surface area contributed by atoms with E-state index < -0.39 is 0 Å². The van der Waals surface area contributed by atoms with Crippen molar-refractivity contribution in [2.45, 2.75) is 6.42 Å². The highest BCUT2D eigenvalue weighted by molar-refractivity contribution is 6.42. The number of hydrogen-bond donors (Lipinski definition) is 2. The van der Waals surface area contributed by atoms with Crippen molar-refractivity contribution < 1.29 is 9.90 Å². The van der Waals surface area contributed by atoms with Gasteiger partial charge in [-0.2, -0.15) is 0 Å². The summed E-state index contributed by atoms with van der Waals surface area (Å²) in [5.74, 6) is -0.258. The zero-order valence-corrected chi connectivity index (χ0v) is 8.77. The molecule has 1 amide bonds. The number of halogens is 2. The lowest BCUT2D eigenvalue weighted by Gasteiger charge is -2.04. The van der Waals surface area contributed by atoms with Gasteiger partial charge in [-0.15, -0.1) is 0 Å². The van der Waals surface area contributed by atoms with E-state index in [9.17, 15) is 4.79 Å². The summed E-state index contributed by atoms with van der Waals surface area (Å²) < 4.78 is 0. The van der Waals surface area contributed by atoms with Gasteiger partial charge in [0.05, 0.1) is 23.1 Å². The van der Waals surface area contributed by atoms with Crippen molar-refractivity contribution in [1.82, 2.24) is 0 Å². The summed E-state index contributed by atoms with van der Waals surface area (Å²) in [7, 11) is 0. The number of nitrogens with one attached hydrogen (secondary N) is 1. The highest BCUT2D eigenvalue weighted by atomic mass is 35.5. The largest absolute Gasteiger partial charge is 0.396 e. The van der Waals surface area contributed by atoms with Gasteiger partial charge in [0.2, 0.25) is 5.91 Å². The molecule has 14 heavy (non-hydrogen) atoms. The second kappa shape index (κ2) is 5.20. The number of anilines is 1. The Bertz CT molecular complexity index is 342. The van der Waals surface area contributed by atoms with E-state index in [2.05, 4.69) is 5.32 Å². The molecule has 0 saturated heterocycles. The van der Waals surface area contributed by atoms with E-state index in [0.717, 1.165) is 0 Å². The summed E-state index contributed by atoms with van der Waals surface area (Å²) in [6, 6.07) is 4.79. The summed E-state index contributed by atoms with van der Waals surface area (Å²) in [4.78, 5) is 11.1. The predicted octanol–water partition coefficient (Wildman–Crippen LogP) is 2.31. The van der Waals surface area contributed by atoms with Crippen LogP contribution in [0.1, 0.15) is 6.42 Å². The van der Waals surface area contributed by atoms with Gasteiger partial charge in [0.1, 0.15) is 0 Å². The van der Waals surface area contributed by atoms with E-state index in [1.807, 2.05) is 0 Å². The smallest absolute Gasteiger partial charge is 0.226 e. The van der Waals surface area contributed by atoms with Gasteiger partial charge >= 0.3 is 0 Å². The first-order valence-corrected chi connectivity index (χ1v) is 4.75. The Balaban J connectivity index is 2.68. The molecule has 2 N–H and O–H groups in total. The molecule has 5 heteroatoms. The van der Waals surface area contributed by atoms with Crippen molar-refractivity contribution in [3.8, 4) is 0 Å². The number of carbonyl (C=O) groups excluding carboxylic acids is 1. The third-order valence-electron chi connectivity index (χ3n) is 1.54. The zero-order valence-electron chi connectivity index (χ0n) is 7.26. The van der Waals surface area contributed by atoms with E-state index in [4.69, 9.17) is 28.3 Å². The van der Waals surface area contributed by atoms with Crippen LogP contribution in [-0.4, -0.2) is 17.6 Å². The average Bonchev–Trinajstić information content (AvgIpc) is 2.12. The molecule has 0 aliphatic rings. The second-order valence-electron chi connectivity index (χ2n) is 2.65. The van der Waals surface area contributed by atoms with Crippen molar-refractivity contribution in [1.29, 1.82) is 0 Å². The van der Waals surface area contributed by atoms with Crippen molar-refractivity contribution in [2.24, 2.45) is 0 Å². The average molecular weight is 234 g/mol. The SMILES string of the molecule is O=C(CCO)Nc1ccc(Cl)c(Cl)c1. The summed E-state index contributed by atoms with van der Waals surface area (Å²) in [6.45, 7) is -0.173. The number of benzene rings is 1. The third kappa shape index (κ3) is 3.18. The molecule has 1 aromatic carbocycles. The van der Waals surface area contributed by atoms with Crippen LogP contribution in [0.15, 0.2) is 18.2 Å². The minimum atomic E-state index is -0.258. The molecule has 76 valence electrons. The minimum Gasteiger partial charge on any atom is -0.396 e. The number of hydrogen-bond acceptors (Lipinski definition) is 2. The van der Waals surface area contributed by atoms with E-state index in [1.54, 1.807) is 18.2 Å². The molecule has 0 spiro atoms. The fourth-order valence-electron chi connectivity index (χ4n) is 0.899. The predicted molar refractivity (Wildman–Crippen MR) is 56.8 cm³/mol. The van der Waals surface area contributed by atoms with Crippen LogP contribution < -0.4 is 5.32 Å². The molecule has 3 nitrogen and oxygen atoms in total. The fourth-order valence-corrected chi connectivity index (χ4v) is 1.20. The van der Waals surface area contributed by atoms with Crippen LogP contribution in [-0.2, 0) is 4.79 Å². The van der Waals surface area contributed by atoms with Crippen LogP contribution in [0.5, 0.6) is 0 Å². The zero-order chi connectivity index (χ0) is 10.6. The van der Waals surface area contributed by atoms with Crippen LogP contribution in [0.25, 0.3) is 0 Å². The third-order valence-corrected chi connectivity index (χ3v) is 2.28. The monoisotopic (exact) mass is 233 g/mol. The summed E-state index contributed by atoms with van der Waals surface area (Å²) in [5.41, 5.74) is 0.567. The highest BCUT2D eigenvalue weighted by Crippen LogP contribution is 2.24. The Labute approximate surface area is 91.6 Å². The minimum absolute atomic E-state index is 0.0697. The molecule has 1 rings (SSSR count). The van der Waals surface area contributed by atoms with Gasteiger partial charge in [0.25, 0.3) is 0 Å². The number of rotatable bonds is 3. The lowest BCUT2D eigenvalue weighted by molar-refractivity contribution is -0.116. The summed E-state index contributed by atoms with van der Waals surface area (Å²) in [6.07, 6.45) is 0.0697. The summed E-state index contributed by atoms with van der Waals surface area (Å²) in [5, 5.41) is 11.9. The molecule has 0 aliphatic carbocycles. The molecule has 0 saturated carbocycles. The highest BCUT2D eigenvalue weighted by Gasteiger charge is 2.03. The Morgan fingerprint density at radius 1 is 1.36 bits per heavy atom. The topological polar surface area (TPSA) is 49.3 Å². The van der Waals surface area contributed by atoms with E-state index in [-0.39, 0.29) is 18.9 Å². The fraction of sp³-hybridized carbons (Fsp3) is 0.222. The summed E-state index contributed by atoms with van der Waals surface area (Å²) >= 11 is 11.4. The van der Waals surface area contributed by atoms with Gasteiger partial charge in [-0.3, -0.25) is 4.79 Å². The number of aliphatic hydroxyl groups is 1. The first-order chi connectivity index (χ1) is 6.63. The Morgan fingerprint density at radius 3 is 2.64 bits per heavy atom. The van der Waals surface area contributed by atoms with E-state index in [1.165, 1.54) is 0 Å². The Kier molecular flexibility index (Phi) is 4.20. The van der Waals surface area contributed by atoms with Crippen molar-refractivity contribution in [2.75, 3.05) is 11.9 Å². The van der Waals surface area contributed by atoms with Crippen LogP contribution >= 0.6 is 23.2 Å². The van der Waals surface area contributed by atoms with E-state index >= 15 is 0 Å². The molecule has 0 radical (unpaired) electrons. The molecule has 0 heterocycles. The van der Waals surface area contributed by atoms with Crippen molar-refractivity contribution in [3.63, 3.8) is 0 Å². The number of aliphatic hydroxyl groups excluding tert-OH is 1. The molecule has 0 aromatic heterocycles. The van der Waals surface area contributed by atoms with E-state index in [0.29, 0.717) is 15.7 Å². The maximum absolute atomic E-state index is 11.1. The molecule has 0 aliphatic heterocycles. The van der Waals surface area contributed by atoms with Crippen LogP contribution in [0, 0.1) is 0 Å². The lowest BCUT2D eigenvalue weighted by Crippen LogP contribution is -2.12. The van der Waals surface area contributed by atoms with Gasteiger partial charge in [-0.05, 0) is 18.2 Å². The molecular weight excluding hydrogens is 225 g/mol. The quantitative estimate of drug-likeness (QED) is 0.842. The normalized spacial score (nSPS) is 9.93. The van der Waals surface area contributed by atoms with Gasteiger partial charge < -0.3 is 10.4 Å². The molecule has 0 atom stereocenters. The van der Waals surface area contributed by atoms with Gasteiger partial charge in [-0.25, -0.2) is 0 Å². The Morgan fingerprint density at radius 2 is 2.07 bits per heavy atom. The number of carbonyl (C=O) groups is 1. The first-order valence-electron chi connectivity index (χ1n) is 3.99. The van der Waals surface area contributed by atoms with Crippen LogP contribution in [0.3, 0.4) is 0 Å². The molecule has 1 aromatic rings. The molecular formula is C9H9Cl2NO2. The molecule has 0 fully saturated rings. The van der Waals surface area contributed by atoms with Crippen LogP contribution in [0.2, 0.25) is 10.0 Å². The second-order valence-corrected chi connectivity index (χ2v) is 3.47. The molecule has 0 bridgehead atoms. The molecule has 0 unspecified atom stereocenters. The standard InChI is InChI=1S/C9H9Cl2NO2/c10-7-2-1-6(5-8(7)11)12-9(14)3-4-13/h1-2,5,13H,3-4H2,(H,12,14). The lowest BCUT2D eigenvalue weighted by atomic mass is 10.3. The number of amides is 1. The van der Waals surface area contributed by atoms with Crippen molar-refractivity contribution in [3.05, 3.63) is 28.2 Å². The maximum Gasteiger partial charge on any atom is 0.226 e. The van der Waals surface area contributed by atoms with Crippen molar-refractivity contribution >= 4 is 34.8 Å². The van der Waals surface area contributed by atoms with Crippen LogP contribution in [0.4, 0.5) is 5.69 Å². The Hall–Kier alpha value is -0.770. The van der Waals surface area contributed by atoms with Gasteiger partial charge in [0.15, 0.2) is 0 Å². The van der Waals surface area contributed by atoms with Gasteiger partial charge in [-0.1, -0.05) is 23.2 Å². The first kappa shape index (κ1) is 11.3. The van der Waals surface area contributed by atoms with Gasteiger partial charge in [0, 0.05) is 5.69 Å².